The Labute approximate surface area is 183 Å². The molecule has 6 nitrogen and oxygen atoms in total. The first-order valence-electron chi connectivity index (χ1n) is 11.3. The Morgan fingerprint density at radius 3 is 1.52 bits per heavy atom. The van der Waals surface area contributed by atoms with Crippen LogP contribution in [0.3, 0.4) is 0 Å². The maximum atomic E-state index is 9.19. The van der Waals surface area contributed by atoms with Gasteiger partial charge in [-0.25, -0.2) is 4.57 Å². The van der Waals surface area contributed by atoms with Crippen LogP contribution in [0.25, 0.3) is 0 Å². The molecule has 0 radical (unpaired) electrons. The van der Waals surface area contributed by atoms with Crippen molar-refractivity contribution < 1.29 is 29.1 Å². The van der Waals surface area contributed by atoms with Gasteiger partial charge in [-0.3, -0.25) is 0 Å². The van der Waals surface area contributed by atoms with E-state index in [1.54, 1.807) is 7.11 Å². The molecule has 0 aliphatic rings. The summed E-state index contributed by atoms with van der Waals surface area (Å²) < 4.78 is 14.0. The van der Waals surface area contributed by atoms with Crippen molar-refractivity contribution in [3.63, 3.8) is 0 Å². The average Bonchev–Trinajstić information content (AvgIpc) is 2.65. The Bertz CT molecular complexity index is 346. The van der Waals surface area contributed by atoms with E-state index in [4.69, 9.17) is 24.0 Å². The van der Waals surface area contributed by atoms with Crippen molar-refractivity contribution >= 4 is 19.6 Å². The molecule has 0 heterocycles. The van der Waals surface area contributed by atoms with E-state index in [1.807, 2.05) is 11.8 Å². The topological polar surface area (TPSA) is 107 Å². The molecule has 0 rings (SSSR count). The third kappa shape index (κ3) is 36.1. The standard InChI is InChI=1S/C21H44O2S.H3O4P/c1-3-4-5-6-7-8-9-10-11-12-13-14-15-16-17-24-20-21(18-22)19-23-2;1-5(2,3)4/h21-22H,3-20H2,1-2H3;(H3,1,2,3,4). The molecule has 0 aliphatic heterocycles. The van der Waals surface area contributed by atoms with Crippen molar-refractivity contribution in [2.45, 2.75) is 96.8 Å². The minimum Gasteiger partial charge on any atom is -0.396 e. The zero-order valence-electron chi connectivity index (χ0n) is 18.8. The number of hydrogen-bond donors (Lipinski definition) is 4. The van der Waals surface area contributed by atoms with Crippen molar-refractivity contribution in [2.75, 3.05) is 31.8 Å². The van der Waals surface area contributed by atoms with Crippen molar-refractivity contribution in [3.8, 4) is 0 Å². The molecule has 4 N–H and O–H groups in total. The second-order valence-electron chi connectivity index (χ2n) is 7.69. The lowest BCUT2D eigenvalue weighted by Gasteiger charge is -2.12. The number of phosphoric acid groups is 1. The second kappa shape index (κ2) is 24.6. The van der Waals surface area contributed by atoms with Crippen LogP contribution in [-0.4, -0.2) is 51.6 Å². The molecule has 0 saturated heterocycles. The SMILES string of the molecule is CCCCCCCCCCCCCCCCSCC(CO)COC.O=P(O)(O)O. The minimum atomic E-state index is -4.64. The van der Waals surface area contributed by atoms with Crippen molar-refractivity contribution in [3.05, 3.63) is 0 Å². The van der Waals surface area contributed by atoms with E-state index in [0.29, 0.717) is 12.5 Å². The number of methoxy groups -OCH3 is 1. The van der Waals surface area contributed by atoms with E-state index in [9.17, 15) is 5.11 Å². The molecular formula is C21H47O6PS. The monoisotopic (exact) mass is 458 g/mol. The van der Waals surface area contributed by atoms with Gasteiger partial charge in [-0.1, -0.05) is 90.4 Å². The van der Waals surface area contributed by atoms with Crippen molar-refractivity contribution in [2.24, 2.45) is 5.92 Å². The summed E-state index contributed by atoms with van der Waals surface area (Å²) in [5.74, 6) is 2.58. The summed E-state index contributed by atoms with van der Waals surface area (Å²) in [7, 11) is -2.93. The van der Waals surface area contributed by atoms with E-state index < -0.39 is 7.82 Å². The minimum absolute atomic E-state index is 0.250. The molecule has 0 aromatic rings. The van der Waals surface area contributed by atoms with Crippen LogP contribution >= 0.6 is 19.6 Å². The van der Waals surface area contributed by atoms with Crippen LogP contribution in [0.15, 0.2) is 0 Å². The first kappa shape index (κ1) is 31.6. The van der Waals surface area contributed by atoms with Crippen LogP contribution in [-0.2, 0) is 9.30 Å². The second-order valence-corrected chi connectivity index (χ2v) is 9.86. The van der Waals surface area contributed by atoms with Crippen LogP contribution in [0.4, 0.5) is 0 Å². The van der Waals surface area contributed by atoms with E-state index >= 15 is 0 Å². The van der Waals surface area contributed by atoms with Crippen LogP contribution in [0.2, 0.25) is 0 Å². The largest absolute Gasteiger partial charge is 0.466 e. The summed E-state index contributed by atoms with van der Waals surface area (Å²) in [6.45, 7) is 3.22. The molecule has 0 aromatic carbocycles. The highest BCUT2D eigenvalue weighted by molar-refractivity contribution is 7.99. The van der Waals surface area contributed by atoms with E-state index in [2.05, 4.69) is 6.92 Å². The Morgan fingerprint density at radius 1 is 0.793 bits per heavy atom. The fraction of sp³-hybridized carbons (Fsp3) is 1.00. The molecule has 8 heteroatoms. The number of hydrogen-bond acceptors (Lipinski definition) is 4. The molecule has 0 aliphatic carbocycles. The highest BCUT2D eigenvalue weighted by Gasteiger charge is 2.06. The molecule has 1 unspecified atom stereocenters. The van der Waals surface area contributed by atoms with Gasteiger partial charge in [0, 0.05) is 25.4 Å². The van der Waals surface area contributed by atoms with Gasteiger partial charge in [0.05, 0.1) is 6.61 Å². The maximum absolute atomic E-state index is 9.19. The van der Waals surface area contributed by atoms with Crippen molar-refractivity contribution in [1.29, 1.82) is 0 Å². The van der Waals surface area contributed by atoms with Crippen LogP contribution in [0.5, 0.6) is 0 Å². The van der Waals surface area contributed by atoms with E-state index in [0.717, 1.165) is 5.75 Å². The summed E-state index contributed by atoms with van der Waals surface area (Å²) in [5.41, 5.74) is 0. The van der Waals surface area contributed by atoms with Gasteiger partial charge in [-0.05, 0) is 12.2 Å². The average molecular weight is 459 g/mol. The predicted octanol–water partition coefficient (Wildman–Crippen LogP) is 5.53. The van der Waals surface area contributed by atoms with Gasteiger partial charge in [0.25, 0.3) is 0 Å². The van der Waals surface area contributed by atoms with Gasteiger partial charge in [-0.2, -0.15) is 11.8 Å². The van der Waals surface area contributed by atoms with E-state index in [-0.39, 0.29) is 6.61 Å². The lowest BCUT2D eigenvalue weighted by Crippen LogP contribution is -2.15. The Morgan fingerprint density at radius 2 is 1.17 bits per heavy atom. The molecule has 29 heavy (non-hydrogen) atoms. The zero-order chi connectivity index (χ0) is 22.2. The van der Waals surface area contributed by atoms with Gasteiger partial charge in [-0.15, -0.1) is 0 Å². The third-order valence-corrected chi connectivity index (χ3v) is 5.94. The summed E-state index contributed by atoms with van der Waals surface area (Å²) >= 11 is 1.97. The number of thioether (sulfide) groups is 1. The Kier molecular flexibility index (Phi) is 26.8. The van der Waals surface area contributed by atoms with Gasteiger partial charge in [0.1, 0.15) is 0 Å². The fourth-order valence-electron chi connectivity index (χ4n) is 3.04. The van der Waals surface area contributed by atoms with Gasteiger partial charge in [0.2, 0.25) is 0 Å². The van der Waals surface area contributed by atoms with E-state index in [1.165, 1.54) is 95.6 Å². The molecule has 0 aromatic heterocycles. The summed E-state index contributed by atoms with van der Waals surface area (Å²) in [4.78, 5) is 21.6. The molecule has 178 valence electrons. The molecular weight excluding hydrogens is 411 g/mol. The number of ether oxygens (including phenoxy) is 1. The number of aliphatic hydroxyl groups is 1. The number of aliphatic hydroxyl groups excluding tert-OH is 1. The first-order valence-corrected chi connectivity index (χ1v) is 14.0. The highest BCUT2D eigenvalue weighted by atomic mass is 32.2. The smallest absolute Gasteiger partial charge is 0.396 e. The van der Waals surface area contributed by atoms with Gasteiger partial charge in [0.15, 0.2) is 0 Å². The summed E-state index contributed by atoms with van der Waals surface area (Å²) in [6.07, 6.45) is 19.9. The molecule has 0 amide bonds. The fourth-order valence-corrected chi connectivity index (χ4v) is 4.15. The van der Waals surface area contributed by atoms with Gasteiger partial charge >= 0.3 is 7.82 Å². The van der Waals surface area contributed by atoms with Gasteiger partial charge < -0.3 is 24.5 Å². The number of unbranched alkanes of at least 4 members (excludes halogenated alkanes) is 13. The normalized spacial score (nSPS) is 12.5. The zero-order valence-corrected chi connectivity index (χ0v) is 20.5. The Balaban J connectivity index is 0. The third-order valence-electron chi connectivity index (χ3n) is 4.66. The van der Waals surface area contributed by atoms with Crippen LogP contribution in [0.1, 0.15) is 96.8 Å². The lowest BCUT2D eigenvalue weighted by atomic mass is 10.0. The molecule has 0 fully saturated rings. The molecule has 1 atom stereocenters. The molecule has 0 saturated carbocycles. The lowest BCUT2D eigenvalue weighted by molar-refractivity contribution is 0.121. The summed E-state index contributed by atoms with van der Waals surface area (Å²) in [5, 5.41) is 9.19. The Hall–Kier alpha value is 0.380. The number of rotatable bonds is 20. The van der Waals surface area contributed by atoms with Crippen molar-refractivity contribution in [1.82, 2.24) is 0 Å². The highest BCUT2D eigenvalue weighted by Crippen LogP contribution is 2.25. The molecule has 0 spiro atoms. The maximum Gasteiger partial charge on any atom is 0.466 e. The molecule has 0 bridgehead atoms. The summed E-state index contributed by atoms with van der Waals surface area (Å²) in [6, 6.07) is 0. The quantitative estimate of drug-likeness (QED) is 0.140. The van der Waals surface area contributed by atoms with Crippen LogP contribution in [0, 0.1) is 5.92 Å². The van der Waals surface area contributed by atoms with Crippen LogP contribution < -0.4 is 0 Å². The first-order chi connectivity index (χ1) is 13.8. The predicted molar refractivity (Wildman–Crippen MR) is 124 cm³/mol.